The second-order valence-electron chi connectivity index (χ2n) is 6.79. The minimum atomic E-state index is -0.0550. The number of nitrogens with zero attached hydrogens (tertiary/aromatic N) is 3. The van der Waals surface area contributed by atoms with E-state index in [9.17, 15) is 5.11 Å². The molecule has 0 amide bonds. The summed E-state index contributed by atoms with van der Waals surface area (Å²) in [6.07, 6.45) is 2.91. The fourth-order valence-electron chi connectivity index (χ4n) is 3.79. The van der Waals surface area contributed by atoms with Crippen LogP contribution in [0.4, 0.5) is 5.69 Å². The van der Waals surface area contributed by atoms with Crippen LogP contribution in [0, 0.1) is 0 Å². The van der Waals surface area contributed by atoms with Gasteiger partial charge < -0.3 is 10.0 Å². The van der Waals surface area contributed by atoms with Gasteiger partial charge in [0, 0.05) is 35.3 Å². The summed E-state index contributed by atoms with van der Waals surface area (Å²) < 4.78 is 0. The maximum Gasteiger partial charge on any atom is 0.165 e. The third kappa shape index (κ3) is 2.68. The lowest BCUT2D eigenvalue weighted by Gasteiger charge is -2.32. The highest BCUT2D eigenvalue weighted by molar-refractivity contribution is 8.14. The van der Waals surface area contributed by atoms with Crippen molar-refractivity contribution in [2.45, 2.75) is 25.6 Å². The van der Waals surface area contributed by atoms with E-state index in [4.69, 9.17) is 4.99 Å². The summed E-state index contributed by atoms with van der Waals surface area (Å²) in [5.41, 5.74) is 4.50. The summed E-state index contributed by atoms with van der Waals surface area (Å²) in [6.45, 7) is 0.876. The lowest BCUT2D eigenvalue weighted by molar-refractivity contribution is 0.277. The molecule has 2 aliphatic rings. The van der Waals surface area contributed by atoms with Crippen molar-refractivity contribution < 1.29 is 5.11 Å². The number of pyridine rings is 1. The Balaban J connectivity index is 1.55. The Morgan fingerprint density at radius 2 is 2.04 bits per heavy atom. The molecule has 4 nitrogen and oxygen atoms in total. The van der Waals surface area contributed by atoms with E-state index in [1.165, 1.54) is 11.1 Å². The first-order valence-electron chi connectivity index (χ1n) is 8.85. The first-order valence-corrected chi connectivity index (χ1v) is 9.84. The zero-order chi connectivity index (χ0) is 17.5. The largest absolute Gasteiger partial charge is 0.390 e. The molecule has 1 aromatic heterocycles. The van der Waals surface area contributed by atoms with Crippen LogP contribution in [0.3, 0.4) is 0 Å². The van der Waals surface area contributed by atoms with Gasteiger partial charge in [0.2, 0.25) is 0 Å². The molecule has 1 atom stereocenters. The molecule has 3 aromatic rings. The van der Waals surface area contributed by atoms with Gasteiger partial charge in [0.1, 0.15) is 0 Å². The predicted molar refractivity (Wildman–Crippen MR) is 107 cm³/mol. The average molecular weight is 361 g/mol. The molecular formula is C21H19N3OS. The van der Waals surface area contributed by atoms with Crippen molar-refractivity contribution in [2.75, 3.05) is 5.75 Å². The van der Waals surface area contributed by atoms with Crippen molar-refractivity contribution in [3.05, 3.63) is 71.5 Å². The van der Waals surface area contributed by atoms with E-state index in [0.717, 1.165) is 40.3 Å². The van der Waals surface area contributed by atoms with E-state index < -0.39 is 0 Å². The molecule has 3 heterocycles. The number of rotatable bonds is 2. The Bertz CT molecular complexity index is 1020. The highest BCUT2D eigenvalue weighted by Gasteiger charge is 2.34. The second kappa shape index (κ2) is 6.41. The molecule has 0 spiro atoms. The molecule has 5 rings (SSSR count). The topological polar surface area (TPSA) is 48.7 Å². The molecule has 1 fully saturated rings. The SMILES string of the molecule is OCc1cc2c(N=C3SC[C@@H]4Cc5ccccc5CN34)cccc2cn1. The zero-order valence-electron chi connectivity index (χ0n) is 14.3. The van der Waals surface area contributed by atoms with Crippen LogP contribution in [0.15, 0.2) is 59.7 Å². The highest BCUT2D eigenvalue weighted by atomic mass is 32.2. The van der Waals surface area contributed by atoms with Crippen LogP contribution in [-0.4, -0.2) is 32.0 Å². The quantitative estimate of drug-likeness (QED) is 0.752. The van der Waals surface area contributed by atoms with Gasteiger partial charge in [-0.05, 0) is 29.7 Å². The smallest absolute Gasteiger partial charge is 0.165 e. The summed E-state index contributed by atoms with van der Waals surface area (Å²) in [7, 11) is 0. The summed E-state index contributed by atoms with van der Waals surface area (Å²) >= 11 is 1.84. The van der Waals surface area contributed by atoms with E-state index in [1.807, 2.05) is 42.2 Å². The lowest BCUT2D eigenvalue weighted by Crippen LogP contribution is -2.38. The van der Waals surface area contributed by atoms with Crippen LogP contribution in [0.5, 0.6) is 0 Å². The zero-order valence-corrected chi connectivity index (χ0v) is 15.1. The van der Waals surface area contributed by atoms with Crippen LogP contribution in [0.2, 0.25) is 0 Å². The Morgan fingerprint density at radius 3 is 2.92 bits per heavy atom. The highest BCUT2D eigenvalue weighted by Crippen LogP contribution is 2.36. The number of aromatic nitrogens is 1. The number of hydrogen-bond donors (Lipinski definition) is 1. The summed E-state index contributed by atoms with van der Waals surface area (Å²) in [6, 6.07) is 17.3. The van der Waals surface area contributed by atoms with E-state index in [0.29, 0.717) is 11.7 Å². The van der Waals surface area contributed by atoms with Crippen molar-refractivity contribution in [2.24, 2.45) is 4.99 Å². The Morgan fingerprint density at radius 1 is 1.15 bits per heavy atom. The number of aliphatic hydroxyl groups is 1. The van der Waals surface area contributed by atoms with Gasteiger partial charge in [0.25, 0.3) is 0 Å². The first kappa shape index (κ1) is 15.9. The van der Waals surface area contributed by atoms with Gasteiger partial charge in [-0.1, -0.05) is 48.2 Å². The molecule has 0 radical (unpaired) electrons. The Kier molecular flexibility index (Phi) is 3.91. The molecule has 26 heavy (non-hydrogen) atoms. The first-order chi connectivity index (χ1) is 12.8. The average Bonchev–Trinajstić information content (AvgIpc) is 3.08. The van der Waals surface area contributed by atoms with Gasteiger partial charge in [-0.25, -0.2) is 4.99 Å². The van der Waals surface area contributed by atoms with Crippen LogP contribution < -0.4 is 0 Å². The van der Waals surface area contributed by atoms with E-state index >= 15 is 0 Å². The van der Waals surface area contributed by atoms with E-state index in [-0.39, 0.29) is 6.61 Å². The van der Waals surface area contributed by atoms with E-state index in [2.05, 4.69) is 34.1 Å². The molecule has 0 saturated carbocycles. The maximum absolute atomic E-state index is 9.41. The van der Waals surface area contributed by atoms with Crippen LogP contribution in [0.25, 0.3) is 10.8 Å². The third-order valence-corrected chi connectivity index (χ3v) is 6.32. The molecule has 0 aliphatic carbocycles. The number of aliphatic hydroxyl groups excluding tert-OH is 1. The van der Waals surface area contributed by atoms with Crippen molar-refractivity contribution in [1.29, 1.82) is 0 Å². The van der Waals surface area contributed by atoms with Gasteiger partial charge in [-0.3, -0.25) is 4.98 Å². The summed E-state index contributed by atoms with van der Waals surface area (Å²) in [5.74, 6) is 1.08. The number of fused-ring (bicyclic) bond motifs is 3. The van der Waals surface area contributed by atoms with E-state index in [1.54, 1.807) is 0 Å². The minimum Gasteiger partial charge on any atom is -0.390 e. The molecule has 0 bridgehead atoms. The molecule has 2 aliphatic heterocycles. The van der Waals surface area contributed by atoms with Gasteiger partial charge in [0.15, 0.2) is 5.17 Å². The molecule has 130 valence electrons. The molecule has 5 heteroatoms. The number of hydrogen-bond acceptors (Lipinski definition) is 4. The monoisotopic (exact) mass is 361 g/mol. The van der Waals surface area contributed by atoms with Crippen molar-refractivity contribution in [1.82, 2.24) is 9.88 Å². The summed E-state index contributed by atoms with van der Waals surface area (Å²) in [4.78, 5) is 11.7. The van der Waals surface area contributed by atoms with Gasteiger partial charge in [-0.15, -0.1) is 0 Å². The predicted octanol–water partition coefficient (Wildman–Crippen LogP) is 3.89. The molecule has 1 saturated heterocycles. The fraction of sp³-hybridized carbons (Fsp3) is 0.238. The Hall–Kier alpha value is -2.37. The van der Waals surface area contributed by atoms with Crippen molar-refractivity contribution in [3.8, 4) is 0 Å². The maximum atomic E-state index is 9.41. The number of thioether (sulfide) groups is 1. The third-order valence-electron chi connectivity index (χ3n) is 5.18. The number of amidine groups is 1. The van der Waals surface area contributed by atoms with Crippen molar-refractivity contribution in [3.63, 3.8) is 0 Å². The summed E-state index contributed by atoms with van der Waals surface area (Å²) in [5, 5.41) is 12.6. The standard InChI is InChI=1S/C21H19N3OS/c25-12-17-9-19-15(10-22-17)6-3-7-20(19)23-21-24-11-16-5-2-1-4-14(16)8-18(24)13-26-21/h1-7,9-10,18,25H,8,11-13H2/t18-/m0/s1. The fourth-order valence-corrected chi connectivity index (χ4v) is 4.98. The van der Waals surface area contributed by atoms with Gasteiger partial charge in [0.05, 0.1) is 18.0 Å². The van der Waals surface area contributed by atoms with Crippen molar-refractivity contribution >= 4 is 33.4 Å². The Labute approximate surface area is 156 Å². The number of benzene rings is 2. The minimum absolute atomic E-state index is 0.0550. The van der Waals surface area contributed by atoms with Crippen LogP contribution in [0.1, 0.15) is 16.8 Å². The van der Waals surface area contributed by atoms with Gasteiger partial charge in [-0.2, -0.15) is 0 Å². The molecular weight excluding hydrogens is 342 g/mol. The van der Waals surface area contributed by atoms with Crippen LogP contribution in [-0.2, 0) is 19.6 Å². The molecule has 0 unspecified atom stereocenters. The molecule has 1 N–H and O–H groups in total. The van der Waals surface area contributed by atoms with Gasteiger partial charge >= 0.3 is 0 Å². The van der Waals surface area contributed by atoms with Crippen LogP contribution >= 0.6 is 11.8 Å². The normalized spacial score (nSPS) is 20.4. The second-order valence-corrected chi connectivity index (χ2v) is 7.78. The lowest BCUT2D eigenvalue weighted by atomic mass is 9.95. The molecule has 2 aromatic carbocycles. The number of aliphatic imine (C=N–C) groups is 1.